The molecule has 1 aromatic carbocycles. The molecule has 0 aromatic heterocycles. The van der Waals surface area contributed by atoms with Gasteiger partial charge in [0.25, 0.3) is 0 Å². The molecule has 94 valence electrons. The summed E-state index contributed by atoms with van der Waals surface area (Å²) in [5.41, 5.74) is 1.40. The molecular formula is C14H20BrNS. The maximum Gasteiger partial charge on any atom is 0.0288 e. The molecular weight excluding hydrogens is 294 g/mol. The van der Waals surface area contributed by atoms with Gasteiger partial charge in [0.15, 0.2) is 0 Å². The summed E-state index contributed by atoms with van der Waals surface area (Å²) in [7, 11) is 2.09. The number of benzene rings is 1. The molecule has 1 aliphatic rings. The lowest BCUT2D eigenvalue weighted by atomic mass is 9.91. The molecule has 0 spiro atoms. The minimum Gasteiger partial charge on any atom is -0.315 e. The van der Waals surface area contributed by atoms with E-state index in [-0.39, 0.29) is 0 Å². The molecule has 1 saturated heterocycles. The van der Waals surface area contributed by atoms with Crippen molar-refractivity contribution in [3.63, 3.8) is 0 Å². The zero-order valence-corrected chi connectivity index (χ0v) is 12.9. The highest BCUT2D eigenvalue weighted by Crippen LogP contribution is 2.41. The predicted octanol–water partition coefficient (Wildman–Crippen LogP) is 3.87. The first kappa shape index (κ1) is 13.4. The SMILES string of the molecule is CNC(Cc1ccccc1Br)C1(C)CCCS1. The Morgan fingerprint density at radius 3 is 2.82 bits per heavy atom. The summed E-state index contributed by atoms with van der Waals surface area (Å²) >= 11 is 5.77. The van der Waals surface area contributed by atoms with Gasteiger partial charge >= 0.3 is 0 Å². The number of halogens is 1. The highest BCUT2D eigenvalue weighted by atomic mass is 79.9. The fourth-order valence-corrected chi connectivity index (χ4v) is 4.48. The quantitative estimate of drug-likeness (QED) is 0.905. The monoisotopic (exact) mass is 313 g/mol. The van der Waals surface area contributed by atoms with Gasteiger partial charge in [0.2, 0.25) is 0 Å². The molecule has 2 rings (SSSR count). The van der Waals surface area contributed by atoms with E-state index in [2.05, 4.69) is 71.2 Å². The molecule has 1 aliphatic heterocycles. The molecule has 0 radical (unpaired) electrons. The van der Waals surface area contributed by atoms with Gasteiger partial charge in [-0.15, -0.1) is 0 Å². The molecule has 2 atom stereocenters. The molecule has 0 amide bonds. The Bertz CT molecular complexity index is 374. The molecule has 1 fully saturated rings. The van der Waals surface area contributed by atoms with Gasteiger partial charge in [-0.25, -0.2) is 0 Å². The van der Waals surface area contributed by atoms with Crippen LogP contribution in [0, 0.1) is 0 Å². The average Bonchev–Trinajstić information content (AvgIpc) is 2.76. The summed E-state index contributed by atoms with van der Waals surface area (Å²) in [6.07, 6.45) is 3.78. The molecule has 1 aromatic rings. The molecule has 0 bridgehead atoms. The number of thioether (sulfide) groups is 1. The van der Waals surface area contributed by atoms with Crippen molar-refractivity contribution in [1.29, 1.82) is 0 Å². The summed E-state index contributed by atoms with van der Waals surface area (Å²) in [6, 6.07) is 9.10. The number of hydrogen-bond donors (Lipinski definition) is 1. The third kappa shape index (κ3) is 3.07. The van der Waals surface area contributed by atoms with Crippen LogP contribution in [0.2, 0.25) is 0 Å². The van der Waals surface area contributed by atoms with E-state index in [1.165, 1.54) is 28.6 Å². The number of rotatable bonds is 4. The van der Waals surface area contributed by atoms with Crippen LogP contribution in [0.15, 0.2) is 28.7 Å². The standard InChI is InChI=1S/C14H20BrNS/c1-14(8-5-9-17-14)13(16-2)10-11-6-3-4-7-12(11)15/h3-4,6-7,13,16H,5,8-10H2,1-2H3. The highest BCUT2D eigenvalue weighted by Gasteiger charge is 2.37. The lowest BCUT2D eigenvalue weighted by Crippen LogP contribution is -2.45. The van der Waals surface area contributed by atoms with Gasteiger partial charge in [-0.05, 0) is 50.6 Å². The molecule has 1 nitrogen and oxygen atoms in total. The van der Waals surface area contributed by atoms with Crippen molar-refractivity contribution in [2.75, 3.05) is 12.8 Å². The van der Waals surface area contributed by atoms with Gasteiger partial charge < -0.3 is 5.32 Å². The van der Waals surface area contributed by atoms with E-state index >= 15 is 0 Å². The van der Waals surface area contributed by atoms with Crippen molar-refractivity contribution < 1.29 is 0 Å². The second-order valence-corrected chi connectivity index (χ2v) is 7.39. The first-order chi connectivity index (χ1) is 8.15. The van der Waals surface area contributed by atoms with Crippen LogP contribution in [0.25, 0.3) is 0 Å². The number of likely N-dealkylation sites (N-methyl/N-ethyl adjacent to an activating group) is 1. The summed E-state index contributed by atoms with van der Waals surface area (Å²) in [5.74, 6) is 1.31. The van der Waals surface area contributed by atoms with E-state index in [0.717, 1.165) is 6.42 Å². The Balaban J connectivity index is 2.12. The second-order valence-electron chi connectivity index (χ2n) is 4.90. The van der Waals surface area contributed by atoms with E-state index < -0.39 is 0 Å². The first-order valence-electron chi connectivity index (χ1n) is 6.20. The van der Waals surface area contributed by atoms with E-state index in [1.54, 1.807) is 0 Å². The van der Waals surface area contributed by atoms with Crippen LogP contribution in [0.1, 0.15) is 25.3 Å². The van der Waals surface area contributed by atoms with Crippen LogP contribution in [-0.4, -0.2) is 23.6 Å². The minimum atomic E-state index is 0.393. The molecule has 3 heteroatoms. The Kier molecular flexibility index (Phi) is 4.56. The zero-order valence-electron chi connectivity index (χ0n) is 10.5. The van der Waals surface area contributed by atoms with Crippen molar-refractivity contribution in [2.24, 2.45) is 0 Å². The Morgan fingerprint density at radius 1 is 1.47 bits per heavy atom. The third-order valence-electron chi connectivity index (χ3n) is 3.72. The van der Waals surface area contributed by atoms with Crippen molar-refractivity contribution in [3.8, 4) is 0 Å². The predicted molar refractivity (Wildman–Crippen MR) is 80.8 cm³/mol. The highest BCUT2D eigenvalue weighted by molar-refractivity contribution is 9.10. The van der Waals surface area contributed by atoms with Gasteiger partial charge in [-0.3, -0.25) is 0 Å². The van der Waals surface area contributed by atoms with Gasteiger partial charge in [0, 0.05) is 15.3 Å². The number of hydrogen-bond acceptors (Lipinski definition) is 2. The maximum absolute atomic E-state index is 3.65. The van der Waals surface area contributed by atoms with Gasteiger partial charge in [0.05, 0.1) is 0 Å². The summed E-state index contributed by atoms with van der Waals surface area (Å²) in [4.78, 5) is 0. The van der Waals surface area contributed by atoms with Crippen LogP contribution in [0.4, 0.5) is 0 Å². The molecule has 1 heterocycles. The summed E-state index contributed by atoms with van der Waals surface area (Å²) in [6.45, 7) is 2.41. The average molecular weight is 314 g/mol. The van der Waals surface area contributed by atoms with Gasteiger partial charge in [-0.2, -0.15) is 11.8 Å². The number of nitrogens with one attached hydrogen (secondary N) is 1. The Hall–Kier alpha value is 0.01000. The fourth-order valence-electron chi connectivity index (χ4n) is 2.58. The van der Waals surface area contributed by atoms with Crippen molar-refractivity contribution in [3.05, 3.63) is 34.3 Å². The van der Waals surface area contributed by atoms with Gasteiger partial charge in [-0.1, -0.05) is 34.1 Å². The first-order valence-corrected chi connectivity index (χ1v) is 7.98. The van der Waals surface area contributed by atoms with E-state index in [1.807, 2.05) is 0 Å². The van der Waals surface area contributed by atoms with Crippen LogP contribution in [0.3, 0.4) is 0 Å². The van der Waals surface area contributed by atoms with Crippen LogP contribution < -0.4 is 5.32 Å². The van der Waals surface area contributed by atoms with Crippen molar-refractivity contribution in [1.82, 2.24) is 5.32 Å². The van der Waals surface area contributed by atoms with Crippen LogP contribution in [0.5, 0.6) is 0 Å². The Labute approximate surface area is 117 Å². The normalized spacial score (nSPS) is 26.1. The summed E-state index contributed by atoms with van der Waals surface area (Å²) < 4.78 is 1.62. The van der Waals surface area contributed by atoms with Crippen LogP contribution in [-0.2, 0) is 6.42 Å². The summed E-state index contributed by atoms with van der Waals surface area (Å²) in [5, 5.41) is 3.52. The van der Waals surface area contributed by atoms with Gasteiger partial charge in [0.1, 0.15) is 0 Å². The minimum absolute atomic E-state index is 0.393. The lowest BCUT2D eigenvalue weighted by Gasteiger charge is -2.33. The van der Waals surface area contributed by atoms with Crippen LogP contribution >= 0.6 is 27.7 Å². The molecule has 1 N–H and O–H groups in total. The maximum atomic E-state index is 3.65. The fraction of sp³-hybridized carbons (Fsp3) is 0.571. The molecule has 17 heavy (non-hydrogen) atoms. The largest absolute Gasteiger partial charge is 0.315 e. The topological polar surface area (TPSA) is 12.0 Å². The van der Waals surface area contributed by atoms with Crippen molar-refractivity contribution in [2.45, 2.75) is 37.0 Å². The van der Waals surface area contributed by atoms with Crippen molar-refractivity contribution >= 4 is 27.7 Å². The molecule has 0 saturated carbocycles. The zero-order chi connectivity index (χ0) is 12.3. The molecule has 0 aliphatic carbocycles. The molecule has 2 unspecified atom stereocenters. The Morgan fingerprint density at radius 2 is 2.24 bits per heavy atom. The van der Waals surface area contributed by atoms with E-state index in [9.17, 15) is 0 Å². The lowest BCUT2D eigenvalue weighted by molar-refractivity contribution is 0.423. The smallest absolute Gasteiger partial charge is 0.0288 e. The van der Waals surface area contributed by atoms with E-state index in [0.29, 0.717) is 10.8 Å². The third-order valence-corrected chi connectivity index (χ3v) is 6.13. The van der Waals surface area contributed by atoms with E-state index in [4.69, 9.17) is 0 Å². The second kappa shape index (κ2) is 5.77.